The number of aliphatic carboxylic acids is 1. The Bertz CT molecular complexity index is 828. The van der Waals surface area contributed by atoms with Crippen LogP contribution in [0.15, 0.2) is 30.3 Å². The van der Waals surface area contributed by atoms with E-state index in [1.54, 1.807) is 38.1 Å². The predicted molar refractivity (Wildman–Crippen MR) is 151 cm³/mol. The summed E-state index contributed by atoms with van der Waals surface area (Å²) >= 11 is 0. The summed E-state index contributed by atoms with van der Waals surface area (Å²) in [5.41, 5.74) is 0.783. The number of nitrogens with one attached hydrogen (secondary N) is 3. The average molecular weight is 532 g/mol. The molecular formula is C30H49N3O5. The van der Waals surface area contributed by atoms with Gasteiger partial charge in [0.05, 0.1) is 6.54 Å². The van der Waals surface area contributed by atoms with E-state index in [0.717, 1.165) is 24.8 Å². The fourth-order valence-corrected chi connectivity index (χ4v) is 4.29. The maximum Gasteiger partial charge on any atom is 0.326 e. The summed E-state index contributed by atoms with van der Waals surface area (Å²) in [6.07, 6.45) is 13.8. The first-order valence-electron chi connectivity index (χ1n) is 14.4. The highest BCUT2D eigenvalue weighted by Gasteiger charge is 2.28. The van der Waals surface area contributed by atoms with Gasteiger partial charge in [-0.05, 0) is 17.9 Å². The van der Waals surface area contributed by atoms with Crippen molar-refractivity contribution in [2.24, 2.45) is 5.92 Å². The smallest absolute Gasteiger partial charge is 0.326 e. The molecule has 0 fully saturated rings. The molecule has 0 aliphatic heterocycles. The van der Waals surface area contributed by atoms with Gasteiger partial charge in [0.25, 0.3) is 0 Å². The van der Waals surface area contributed by atoms with Crippen molar-refractivity contribution in [3.05, 3.63) is 35.9 Å². The molecule has 0 bridgehead atoms. The Hall–Kier alpha value is -2.90. The standard InChI is InChI=1S/C30H49N3O5/c1-4-5-6-7-8-9-10-11-12-13-17-20-26(34)31-22-27(35)33-28(23(2)3)29(36)32-25(30(37)38)21-24-18-15-14-16-19-24/h14-16,18-19,23,25,28H,4-13,17,20-22H2,1-3H3,(H,31,34)(H,32,36)(H,33,35)(H,37,38)/t25-,28-/m0/s1. The lowest BCUT2D eigenvalue weighted by molar-refractivity contribution is -0.142. The summed E-state index contributed by atoms with van der Waals surface area (Å²) < 4.78 is 0. The minimum atomic E-state index is -1.15. The molecule has 1 aromatic carbocycles. The number of unbranched alkanes of at least 4 members (excludes halogenated alkanes) is 10. The van der Waals surface area contributed by atoms with E-state index in [9.17, 15) is 24.3 Å². The lowest BCUT2D eigenvalue weighted by atomic mass is 10.0. The molecule has 0 saturated heterocycles. The van der Waals surface area contributed by atoms with E-state index in [0.29, 0.717) is 6.42 Å². The summed E-state index contributed by atoms with van der Waals surface area (Å²) in [6, 6.07) is 7.00. The third-order valence-electron chi connectivity index (χ3n) is 6.62. The molecule has 4 N–H and O–H groups in total. The summed E-state index contributed by atoms with van der Waals surface area (Å²) in [5, 5.41) is 17.3. The monoisotopic (exact) mass is 531 g/mol. The molecule has 0 aliphatic carbocycles. The molecule has 8 heteroatoms. The van der Waals surface area contributed by atoms with Crippen molar-refractivity contribution in [2.45, 2.75) is 116 Å². The van der Waals surface area contributed by atoms with E-state index in [1.165, 1.54) is 51.4 Å². The fourth-order valence-electron chi connectivity index (χ4n) is 4.29. The molecule has 0 saturated carbocycles. The van der Waals surface area contributed by atoms with Crippen molar-refractivity contribution in [3.63, 3.8) is 0 Å². The van der Waals surface area contributed by atoms with Gasteiger partial charge >= 0.3 is 5.97 Å². The van der Waals surface area contributed by atoms with Gasteiger partial charge in [-0.25, -0.2) is 4.79 Å². The summed E-state index contributed by atoms with van der Waals surface area (Å²) in [4.78, 5) is 49.0. The number of carbonyl (C=O) groups excluding carboxylic acids is 3. The Morgan fingerprint density at radius 2 is 1.32 bits per heavy atom. The summed E-state index contributed by atoms with van der Waals surface area (Å²) in [7, 11) is 0. The van der Waals surface area contributed by atoms with E-state index < -0.39 is 29.9 Å². The Morgan fingerprint density at radius 1 is 0.763 bits per heavy atom. The van der Waals surface area contributed by atoms with Gasteiger partial charge in [0.1, 0.15) is 12.1 Å². The van der Waals surface area contributed by atoms with Crippen molar-refractivity contribution in [2.75, 3.05) is 6.54 Å². The molecule has 3 amide bonds. The van der Waals surface area contributed by atoms with E-state index in [2.05, 4.69) is 22.9 Å². The van der Waals surface area contributed by atoms with Crippen molar-refractivity contribution in [1.82, 2.24) is 16.0 Å². The first kappa shape index (κ1) is 33.1. The Kier molecular flexibility index (Phi) is 17.5. The number of benzene rings is 1. The second kappa shape index (κ2) is 20.1. The van der Waals surface area contributed by atoms with Crippen molar-refractivity contribution >= 4 is 23.7 Å². The van der Waals surface area contributed by atoms with Gasteiger partial charge in [0.2, 0.25) is 17.7 Å². The SMILES string of the molecule is CCCCCCCCCCCCCC(=O)NCC(=O)N[C@H](C(=O)N[C@@H](Cc1ccccc1)C(=O)O)C(C)C. The number of amides is 3. The van der Waals surface area contributed by atoms with Crippen LogP contribution in [0, 0.1) is 5.92 Å². The van der Waals surface area contributed by atoms with Crippen molar-refractivity contribution < 1.29 is 24.3 Å². The van der Waals surface area contributed by atoms with Gasteiger partial charge in [-0.2, -0.15) is 0 Å². The highest BCUT2D eigenvalue weighted by molar-refractivity contribution is 5.92. The zero-order valence-electron chi connectivity index (χ0n) is 23.6. The van der Waals surface area contributed by atoms with Crippen LogP contribution in [0.2, 0.25) is 0 Å². The van der Waals surface area contributed by atoms with Gasteiger partial charge in [-0.3, -0.25) is 14.4 Å². The average Bonchev–Trinajstić information content (AvgIpc) is 2.89. The molecule has 0 spiro atoms. The number of rotatable bonds is 21. The van der Waals surface area contributed by atoms with E-state index in [-0.39, 0.29) is 24.8 Å². The quantitative estimate of drug-likeness (QED) is 0.170. The molecule has 214 valence electrons. The van der Waals surface area contributed by atoms with Crippen molar-refractivity contribution in [3.8, 4) is 0 Å². The number of hydrogen-bond donors (Lipinski definition) is 4. The molecule has 0 unspecified atom stereocenters. The third-order valence-corrected chi connectivity index (χ3v) is 6.62. The van der Waals surface area contributed by atoms with Gasteiger partial charge < -0.3 is 21.1 Å². The lowest BCUT2D eigenvalue weighted by Crippen LogP contribution is -2.55. The minimum absolute atomic E-state index is 0.135. The number of hydrogen-bond acceptors (Lipinski definition) is 4. The Balaban J connectivity index is 2.30. The zero-order valence-corrected chi connectivity index (χ0v) is 23.6. The van der Waals surface area contributed by atoms with Gasteiger partial charge in [0, 0.05) is 12.8 Å². The predicted octanol–water partition coefficient (Wildman–Crippen LogP) is 4.76. The zero-order chi connectivity index (χ0) is 28.2. The highest BCUT2D eigenvalue weighted by atomic mass is 16.4. The molecule has 8 nitrogen and oxygen atoms in total. The molecular weight excluding hydrogens is 482 g/mol. The van der Waals surface area contributed by atoms with Crippen LogP contribution in [-0.4, -0.2) is 47.4 Å². The van der Waals surface area contributed by atoms with Crippen LogP contribution in [0.1, 0.15) is 103 Å². The Labute approximate surface area is 228 Å². The van der Waals surface area contributed by atoms with Gasteiger partial charge in [0.15, 0.2) is 0 Å². The minimum Gasteiger partial charge on any atom is -0.480 e. The van der Waals surface area contributed by atoms with E-state index in [1.807, 2.05) is 6.07 Å². The maximum absolute atomic E-state index is 12.8. The normalized spacial score (nSPS) is 12.5. The molecule has 1 aromatic rings. The van der Waals surface area contributed by atoms with Gasteiger partial charge in [-0.1, -0.05) is 115 Å². The van der Waals surface area contributed by atoms with Crippen LogP contribution in [0.3, 0.4) is 0 Å². The second-order valence-corrected chi connectivity index (χ2v) is 10.4. The molecule has 1 rings (SSSR count). The summed E-state index contributed by atoms with van der Waals surface area (Å²) in [5.74, 6) is -2.65. The molecule has 38 heavy (non-hydrogen) atoms. The largest absolute Gasteiger partial charge is 0.480 e. The first-order valence-corrected chi connectivity index (χ1v) is 14.4. The van der Waals surface area contributed by atoms with E-state index in [4.69, 9.17) is 0 Å². The van der Waals surface area contributed by atoms with Gasteiger partial charge in [-0.15, -0.1) is 0 Å². The van der Waals surface area contributed by atoms with Crippen molar-refractivity contribution in [1.29, 1.82) is 0 Å². The first-order chi connectivity index (χ1) is 18.2. The molecule has 0 aromatic heterocycles. The highest BCUT2D eigenvalue weighted by Crippen LogP contribution is 2.12. The van der Waals surface area contributed by atoms with Crippen LogP contribution in [0.5, 0.6) is 0 Å². The topological polar surface area (TPSA) is 125 Å². The van der Waals surface area contributed by atoms with Crippen LogP contribution < -0.4 is 16.0 Å². The summed E-state index contributed by atoms with van der Waals surface area (Å²) in [6.45, 7) is 5.54. The fraction of sp³-hybridized carbons (Fsp3) is 0.667. The van der Waals surface area contributed by atoms with Crippen LogP contribution in [0.25, 0.3) is 0 Å². The van der Waals surface area contributed by atoms with Crippen LogP contribution in [-0.2, 0) is 25.6 Å². The third kappa shape index (κ3) is 15.4. The Morgan fingerprint density at radius 3 is 1.84 bits per heavy atom. The molecule has 0 heterocycles. The molecule has 2 atom stereocenters. The molecule has 0 radical (unpaired) electrons. The van der Waals surface area contributed by atoms with Crippen LogP contribution >= 0.6 is 0 Å². The maximum atomic E-state index is 12.8. The number of carboxylic acids is 1. The number of carboxylic acid groups (broad SMARTS) is 1. The van der Waals surface area contributed by atoms with E-state index >= 15 is 0 Å². The second-order valence-electron chi connectivity index (χ2n) is 10.4. The number of carbonyl (C=O) groups is 4. The molecule has 0 aliphatic rings. The van der Waals surface area contributed by atoms with Crippen LogP contribution in [0.4, 0.5) is 0 Å². The lowest BCUT2D eigenvalue weighted by Gasteiger charge is -2.24.